The highest BCUT2D eigenvalue weighted by molar-refractivity contribution is 7.39. The summed E-state index contributed by atoms with van der Waals surface area (Å²) in [6, 6.07) is 0. The smallest absolute Gasteiger partial charge is 0.327 e. The molecule has 5 heteroatoms. The van der Waals surface area contributed by atoms with Crippen molar-refractivity contribution in [1.29, 1.82) is 0 Å². The lowest BCUT2D eigenvalue weighted by molar-refractivity contribution is 0.0899. The lowest BCUT2D eigenvalue weighted by Gasteiger charge is -2.20. The first-order valence-electron chi connectivity index (χ1n) is 2.89. The second-order valence-electron chi connectivity index (χ2n) is 2.85. The van der Waals surface area contributed by atoms with Crippen LogP contribution in [0.2, 0.25) is 0 Å². The third-order valence-electron chi connectivity index (χ3n) is 0.999. The fraction of sp³-hybridized carbons (Fsp3) is 1.00. The van der Waals surface area contributed by atoms with E-state index in [1.165, 1.54) is 0 Å². The van der Waals surface area contributed by atoms with Crippen molar-refractivity contribution in [2.45, 2.75) is 13.8 Å². The Morgan fingerprint density at radius 3 is 2.20 bits per heavy atom. The van der Waals surface area contributed by atoms with Crippen molar-refractivity contribution in [3.63, 3.8) is 0 Å². The van der Waals surface area contributed by atoms with Crippen LogP contribution in [0.1, 0.15) is 13.8 Å². The van der Waals surface area contributed by atoms with Crippen molar-refractivity contribution < 1.29 is 19.4 Å². The summed E-state index contributed by atoms with van der Waals surface area (Å²) in [5, 5.41) is 8.67. The Bertz CT molecular complexity index is 93.6. The third-order valence-corrected chi connectivity index (χ3v) is 1.36. The Morgan fingerprint density at radius 2 is 1.90 bits per heavy atom. The van der Waals surface area contributed by atoms with Crippen LogP contribution in [-0.4, -0.2) is 28.1 Å². The minimum absolute atomic E-state index is 0.0316. The maximum atomic E-state index is 8.67. The maximum absolute atomic E-state index is 8.67. The van der Waals surface area contributed by atoms with E-state index in [2.05, 4.69) is 4.52 Å². The largest absolute Gasteiger partial charge is 0.396 e. The fourth-order valence-electron chi connectivity index (χ4n) is 0.278. The Morgan fingerprint density at radius 1 is 1.40 bits per heavy atom. The van der Waals surface area contributed by atoms with Gasteiger partial charge in [-0.25, -0.2) is 0 Å². The number of hydrogen-bond donors (Lipinski definition) is 3. The number of aliphatic hydroxyl groups excluding tert-OH is 1. The Kier molecular flexibility index (Phi) is 4.32. The van der Waals surface area contributed by atoms with E-state index in [0.717, 1.165) is 0 Å². The van der Waals surface area contributed by atoms with E-state index in [0.29, 0.717) is 0 Å². The highest BCUT2D eigenvalue weighted by Crippen LogP contribution is 2.28. The van der Waals surface area contributed by atoms with E-state index in [4.69, 9.17) is 14.9 Å². The highest BCUT2D eigenvalue weighted by Gasteiger charge is 2.18. The minimum Gasteiger partial charge on any atom is -0.396 e. The molecule has 4 nitrogen and oxygen atoms in total. The molecule has 0 fully saturated rings. The lowest BCUT2D eigenvalue weighted by atomic mass is 9.97. The van der Waals surface area contributed by atoms with Crippen LogP contribution < -0.4 is 0 Å². The molecule has 0 aliphatic rings. The van der Waals surface area contributed by atoms with Gasteiger partial charge in [0.05, 0.1) is 13.2 Å². The van der Waals surface area contributed by atoms with Crippen LogP contribution in [0.3, 0.4) is 0 Å². The summed E-state index contributed by atoms with van der Waals surface area (Å²) < 4.78 is 4.51. The lowest BCUT2D eigenvalue weighted by Crippen LogP contribution is -2.22. The van der Waals surface area contributed by atoms with Crippen LogP contribution in [0.15, 0.2) is 0 Å². The average Bonchev–Trinajstić information content (AvgIpc) is 1.85. The molecular formula is C5H13O4P. The van der Waals surface area contributed by atoms with E-state index in [9.17, 15) is 0 Å². The maximum Gasteiger partial charge on any atom is 0.327 e. The molecule has 0 amide bonds. The zero-order valence-corrected chi connectivity index (χ0v) is 7.01. The van der Waals surface area contributed by atoms with Gasteiger partial charge in [-0.2, -0.15) is 0 Å². The van der Waals surface area contributed by atoms with E-state index in [1.54, 1.807) is 13.8 Å². The van der Waals surface area contributed by atoms with E-state index in [1.807, 2.05) is 0 Å². The summed E-state index contributed by atoms with van der Waals surface area (Å²) in [7, 11) is -2.28. The molecule has 0 saturated heterocycles. The summed E-state index contributed by atoms with van der Waals surface area (Å²) in [4.78, 5) is 16.7. The van der Waals surface area contributed by atoms with Crippen molar-refractivity contribution in [3.8, 4) is 0 Å². The number of rotatable bonds is 4. The molecule has 0 heterocycles. The molecule has 0 aromatic rings. The van der Waals surface area contributed by atoms with Gasteiger partial charge < -0.3 is 19.4 Å². The predicted octanol–water partition coefficient (Wildman–Crippen LogP) is 0.233. The van der Waals surface area contributed by atoms with Crippen LogP contribution in [0, 0.1) is 5.41 Å². The predicted molar refractivity (Wildman–Crippen MR) is 38.2 cm³/mol. The van der Waals surface area contributed by atoms with E-state index < -0.39 is 14.0 Å². The molecule has 62 valence electrons. The van der Waals surface area contributed by atoms with Crippen molar-refractivity contribution in [3.05, 3.63) is 0 Å². The molecule has 0 bridgehead atoms. The molecule has 0 aromatic heterocycles. The summed E-state index contributed by atoms with van der Waals surface area (Å²) in [6.45, 7) is 3.66. The van der Waals surface area contributed by atoms with E-state index in [-0.39, 0.29) is 13.2 Å². The van der Waals surface area contributed by atoms with Crippen LogP contribution in [0.25, 0.3) is 0 Å². The first kappa shape index (κ1) is 10.3. The molecule has 0 unspecified atom stereocenters. The molecule has 0 aromatic carbocycles. The van der Waals surface area contributed by atoms with Crippen molar-refractivity contribution in [2.24, 2.45) is 5.41 Å². The summed E-state index contributed by atoms with van der Waals surface area (Å²) >= 11 is 0. The summed E-state index contributed by atoms with van der Waals surface area (Å²) in [5.41, 5.74) is -0.397. The molecule has 0 atom stereocenters. The zero-order chi connectivity index (χ0) is 8.20. The third kappa shape index (κ3) is 5.09. The van der Waals surface area contributed by atoms with Crippen LogP contribution in [0.4, 0.5) is 0 Å². The molecule has 10 heavy (non-hydrogen) atoms. The van der Waals surface area contributed by atoms with Gasteiger partial charge in [0.1, 0.15) is 0 Å². The second-order valence-corrected chi connectivity index (χ2v) is 3.61. The molecule has 0 rings (SSSR count). The first-order valence-corrected chi connectivity index (χ1v) is 4.06. The topological polar surface area (TPSA) is 69.9 Å². The first-order chi connectivity index (χ1) is 4.48. The Balaban J connectivity index is 3.46. The van der Waals surface area contributed by atoms with Gasteiger partial charge in [0.2, 0.25) is 0 Å². The molecule has 0 saturated carbocycles. The van der Waals surface area contributed by atoms with Crippen LogP contribution >= 0.6 is 8.60 Å². The second kappa shape index (κ2) is 4.21. The zero-order valence-electron chi connectivity index (χ0n) is 6.11. The van der Waals surface area contributed by atoms with Crippen LogP contribution in [-0.2, 0) is 4.52 Å². The fourth-order valence-corrected chi connectivity index (χ4v) is 0.743. The molecule has 3 N–H and O–H groups in total. The number of aliphatic hydroxyl groups is 1. The quantitative estimate of drug-likeness (QED) is 0.525. The standard InChI is InChI=1S/C5H13O4P/c1-5(2,3-6)4-9-10(7)8/h6-8H,3-4H2,1-2H3. The van der Waals surface area contributed by atoms with Gasteiger partial charge in [-0.15, -0.1) is 0 Å². The van der Waals surface area contributed by atoms with Crippen LogP contribution in [0.5, 0.6) is 0 Å². The Labute approximate surface area is 61.5 Å². The molecule has 0 aliphatic heterocycles. The monoisotopic (exact) mass is 168 g/mol. The molecule has 0 aliphatic carbocycles. The number of hydrogen-bond acceptors (Lipinski definition) is 4. The summed E-state index contributed by atoms with van der Waals surface area (Å²) in [5.74, 6) is 0. The van der Waals surface area contributed by atoms with Gasteiger partial charge in [0.25, 0.3) is 0 Å². The van der Waals surface area contributed by atoms with E-state index >= 15 is 0 Å². The SMILES string of the molecule is CC(C)(CO)COP(O)O. The molecule has 0 radical (unpaired) electrons. The normalized spacial score (nSPS) is 12.6. The van der Waals surface area contributed by atoms with Crippen molar-refractivity contribution in [2.75, 3.05) is 13.2 Å². The highest BCUT2D eigenvalue weighted by atomic mass is 31.2. The molecule has 0 spiro atoms. The van der Waals surface area contributed by atoms with Gasteiger partial charge >= 0.3 is 8.60 Å². The van der Waals surface area contributed by atoms with Crippen molar-refractivity contribution >= 4 is 8.60 Å². The van der Waals surface area contributed by atoms with Crippen molar-refractivity contribution in [1.82, 2.24) is 0 Å². The van der Waals surface area contributed by atoms with Gasteiger partial charge in [-0.05, 0) is 0 Å². The van der Waals surface area contributed by atoms with Gasteiger partial charge in [0.15, 0.2) is 0 Å². The van der Waals surface area contributed by atoms with Gasteiger partial charge in [-0.1, -0.05) is 13.8 Å². The van der Waals surface area contributed by atoms with Gasteiger partial charge in [0, 0.05) is 5.41 Å². The minimum atomic E-state index is -2.28. The van der Waals surface area contributed by atoms with Gasteiger partial charge in [-0.3, -0.25) is 0 Å². The average molecular weight is 168 g/mol. The molecular weight excluding hydrogens is 155 g/mol. The summed E-state index contributed by atoms with van der Waals surface area (Å²) in [6.07, 6.45) is 0. The Hall–Kier alpha value is 0.270.